The first-order valence-corrected chi connectivity index (χ1v) is 10.4. The van der Waals surface area contributed by atoms with E-state index in [1.165, 1.54) is 19.2 Å². The van der Waals surface area contributed by atoms with Crippen LogP contribution in [0.25, 0.3) is 10.9 Å². The normalized spacial score (nSPS) is 11.9. The molecular weight excluding hydrogens is 399 g/mol. The number of H-pyrrole nitrogens is 1. The van der Waals surface area contributed by atoms with Crippen LogP contribution in [0.5, 0.6) is 5.75 Å². The fraction of sp³-hybridized carbons (Fsp3) is 0.250. The number of fused-ring (bicyclic) bond motifs is 1. The highest BCUT2D eigenvalue weighted by Crippen LogP contribution is 2.22. The Labute approximate surface area is 167 Å². The first-order chi connectivity index (χ1) is 13.8. The van der Waals surface area contributed by atoms with E-state index in [1.54, 1.807) is 24.3 Å². The molecule has 9 heteroatoms. The number of hydrogen-bond acceptors (Lipinski definition) is 5. The second-order valence-electron chi connectivity index (χ2n) is 6.45. The maximum Gasteiger partial charge on any atom is 0.252 e. The topological polar surface area (TPSA) is 99.7 Å². The van der Waals surface area contributed by atoms with E-state index in [4.69, 9.17) is 9.84 Å². The van der Waals surface area contributed by atoms with Gasteiger partial charge in [-0.15, -0.1) is 0 Å². The number of hydrogen-bond donors (Lipinski definition) is 2. The van der Waals surface area contributed by atoms with Crippen LogP contribution in [0.4, 0.5) is 4.39 Å². The van der Waals surface area contributed by atoms with Crippen LogP contribution >= 0.6 is 0 Å². The first kappa shape index (κ1) is 21.0. The van der Waals surface area contributed by atoms with Gasteiger partial charge in [0.25, 0.3) is 5.56 Å². The minimum absolute atomic E-state index is 0.00575. The predicted octanol–water partition coefficient (Wildman–Crippen LogP) is 2.25. The second kappa shape index (κ2) is 8.73. The smallest absolute Gasteiger partial charge is 0.252 e. The molecule has 2 N–H and O–H groups in total. The summed E-state index contributed by atoms with van der Waals surface area (Å²) in [6.45, 7) is -0.394. The van der Waals surface area contributed by atoms with Gasteiger partial charge in [0.1, 0.15) is 11.6 Å². The van der Waals surface area contributed by atoms with Crippen LogP contribution in [0.3, 0.4) is 0 Å². The van der Waals surface area contributed by atoms with E-state index in [9.17, 15) is 17.6 Å². The van der Waals surface area contributed by atoms with E-state index < -0.39 is 21.4 Å². The van der Waals surface area contributed by atoms with Crippen molar-refractivity contribution in [2.24, 2.45) is 0 Å². The van der Waals surface area contributed by atoms with E-state index in [-0.39, 0.29) is 36.6 Å². The Balaban J connectivity index is 2.01. The van der Waals surface area contributed by atoms with Crippen molar-refractivity contribution in [3.8, 4) is 5.75 Å². The summed E-state index contributed by atoms with van der Waals surface area (Å²) in [5.74, 6) is 0.0531. The molecule has 3 rings (SSSR count). The van der Waals surface area contributed by atoms with Crippen molar-refractivity contribution in [3.05, 3.63) is 70.3 Å². The van der Waals surface area contributed by atoms with Crippen LogP contribution in [-0.4, -0.2) is 43.1 Å². The summed E-state index contributed by atoms with van der Waals surface area (Å²) in [6, 6.07) is 11.2. The van der Waals surface area contributed by atoms with E-state index in [0.29, 0.717) is 16.7 Å². The number of benzene rings is 2. The SMILES string of the molecule is COc1ccc2[nH]c(=O)c(CN(CCCO)S(=O)(=O)c3ccc(F)cc3)cc2c1. The molecule has 1 heterocycles. The van der Waals surface area contributed by atoms with E-state index >= 15 is 0 Å². The number of aliphatic hydroxyl groups excluding tert-OH is 1. The molecule has 0 radical (unpaired) electrons. The lowest BCUT2D eigenvalue weighted by atomic mass is 10.1. The van der Waals surface area contributed by atoms with Crippen LogP contribution in [0, 0.1) is 5.82 Å². The number of aromatic nitrogens is 1. The number of methoxy groups -OCH3 is 1. The minimum atomic E-state index is -3.99. The van der Waals surface area contributed by atoms with E-state index in [1.807, 2.05) is 0 Å². The minimum Gasteiger partial charge on any atom is -0.497 e. The van der Waals surface area contributed by atoms with Crippen molar-refractivity contribution in [2.45, 2.75) is 17.9 Å². The van der Waals surface area contributed by atoms with Gasteiger partial charge in [-0.25, -0.2) is 12.8 Å². The number of sulfonamides is 1. The van der Waals surface area contributed by atoms with Crippen LogP contribution in [0.2, 0.25) is 0 Å². The average molecular weight is 420 g/mol. The lowest BCUT2D eigenvalue weighted by molar-refractivity contribution is 0.267. The summed E-state index contributed by atoms with van der Waals surface area (Å²) < 4.78 is 45.5. The highest BCUT2D eigenvalue weighted by molar-refractivity contribution is 7.89. The van der Waals surface area contributed by atoms with Crippen LogP contribution < -0.4 is 10.3 Å². The Morgan fingerprint density at radius 2 is 1.86 bits per heavy atom. The molecule has 0 atom stereocenters. The van der Waals surface area contributed by atoms with Gasteiger partial charge in [0.15, 0.2) is 0 Å². The van der Waals surface area contributed by atoms with E-state index in [2.05, 4.69) is 4.98 Å². The molecule has 0 aliphatic heterocycles. The molecule has 0 spiro atoms. The molecule has 0 saturated carbocycles. The van der Waals surface area contributed by atoms with Gasteiger partial charge in [0, 0.05) is 36.2 Å². The summed E-state index contributed by atoms with van der Waals surface area (Å²) in [5, 5.41) is 9.85. The lowest BCUT2D eigenvalue weighted by Gasteiger charge is -2.22. The molecule has 0 bridgehead atoms. The molecule has 0 amide bonds. The Morgan fingerprint density at radius 1 is 1.14 bits per heavy atom. The number of halogens is 1. The second-order valence-corrected chi connectivity index (χ2v) is 8.38. The van der Waals surface area contributed by atoms with Gasteiger partial charge >= 0.3 is 0 Å². The van der Waals surface area contributed by atoms with E-state index in [0.717, 1.165) is 16.4 Å². The summed E-state index contributed by atoms with van der Waals surface area (Å²) >= 11 is 0. The van der Waals surface area contributed by atoms with Gasteiger partial charge in [-0.1, -0.05) is 0 Å². The Bertz CT molecular complexity index is 1160. The number of nitrogens with one attached hydrogen (secondary N) is 1. The molecule has 154 valence electrons. The largest absolute Gasteiger partial charge is 0.497 e. The van der Waals surface area contributed by atoms with Gasteiger partial charge in [-0.05, 0) is 55.0 Å². The lowest BCUT2D eigenvalue weighted by Crippen LogP contribution is -2.34. The molecule has 0 unspecified atom stereocenters. The van der Waals surface area contributed by atoms with Crippen molar-refractivity contribution in [2.75, 3.05) is 20.3 Å². The number of aromatic amines is 1. The molecule has 1 aromatic heterocycles. The predicted molar refractivity (Wildman–Crippen MR) is 107 cm³/mol. The van der Waals surface area contributed by atoms with Gasteiger partial charge in [0.2, 0.25) is 10.0 Å². The number of ether oxygens (including phenoxy) is 1. The molecule has 3 aromatic rings. The Morgan fingerprint density at radius 3 is 2.52 bits per heavy atom. The maximum atomic E-state index is 13.2. The molecule has 0 saturated heterocycles. The first-order valence-electron chi connectivity index (χ1n) is 8.91. The Kier molecular flexibility index (Phi) is 6.31. The third kappa shape index (κ3) is 4.64. The monoisotopic (exact) mass is 420 g/mol. The molecule has 7 nitrogen and oxygen atoms in total. The maximum absolute atomic E-state index is 13.2. The summed E-state index contributed by atoms with van der Waals surface area (Å²) in [4.78, 5) is 15.1. The third-order valence-electron chi connectivity index (χ3n) is 4.49. The summed E-state index contributed by atoms with van der Waals surface area (Å²) in [5.41, 5.74) is 0.434. The molecule has 0 aliphatic carbocycles. The highest BCUT2D eigenvalue weighted by Gasteiger charge is 2.25. The average Bonchev–Trinajstić information content (AvgIpc) is 2.71. The van der Waals surface area contributed by atoms with Crippen LogP contribution in [-0.2, 0) is 16.6 Å². The number of rotatable bonds is 8. The van der Waals surface area contributed by atoms with Crippen molar-refractivity contribution in [1.82, 2.24) is 9.29 Å². The van der Waals surface area contributed by atoms with Crippen molar-refractivity contribution < 1.29 is 22.7 Å². The van der Waals surface area contributed by atoms with Gasteiger partial charge in [0.05, 0.1) is 12.0 Å². The fourth-order valence-corrected chi connectivity index (χ4v) is 4.41. The molecule has 29 heavy (non-hydrogen) atoms. The fourth-order valence-electron chi connectivity index (χ4n) is 2.95. The quantitative estimate of drug-likeness (QED) is 0.582. The number of nitrogens with zero attached hydrogens (tertiary/aromatic N) is 1. The third-order valence-corrected chi connectivity index (χ3v) is 6.35. The summed E-state index contributed by atoms with van der Waals surface area (Å²) in [7, 11) is -2.47. The molecule has 2 aromatic carbocycles. The molecule has 0 fully saturated rings. The Hall–Kier alpha value is -2.75. The zero-order chi connectivity index (χ0) is 21.0. The molecular formula is C20H21FN2O5S. The zero-order valence-electron chi connectivity index (χ0n) is 15.8. The van der Waals surface area contributed by atoms with Crippen molar-refractivity contribution in [3.63, 3.8) is 0 Å². The van der Waals surface area contributed by atoms with Crippen molar-refractivity contribution in [1.29, 1.82) is 0 Å². The molecule has 0 aliphatic rings. The highest BCUT2D eigenvalue weighted by atomic mass is 32.2. The summed E-state index contributed by atoms with van der Waals surface area (Å²) in [6.07, 6.45) is 0.194. The van der Waals surface area contributed by atoms with Gasteiger partial charge < -0.3 is 14.8 Å². The van der Waals surface area contributed by atoms with Crippen LogP contribution in [0.15, 0.2) is 58.2 Å². The number of aliphatic hydroxyl groups is 1. The zero-order valence-corrected chi connectivity index (χ0v) is 16.6. The van der Waals surface area contributed by atoms with Gasteiger partial charge in [-0.3, -0.25) is 4.79 Å². The van der Waals surface area contributed by atoms with Crippen LogP contribution in [0.1, 0.15) is 12.0 Å². The van der Waals surface area contributed by atoms with Gasteiger partial charge in [-0.2, -0.15) is 4.31 Å². The standard InChI is InChI=1S/C20H21FN2O5S/c1-28-17-5-8-19-14(12-17)11-15(20(25)22-19)13-23(9-2-10-24)29(26,27)18-6-3-16(21)4-7-18/h3-8,11-12,24H,2,9-10,13H2,1H3,(H,22,25). The van der Waals surface area contributed by atoms with Crippen molar-refractivity contribution >= 4 is 20.9 Å². The number of pyridine rings is 1.